The normalized spacial score (nSPS) is 13.3. The Labute approximate surface area is 186 Å². The number of rotatable bonds is 11. The van der Waals surface area contributed by atoms with Gasteiger partial charge in [-0.15, -0.1) is 0 Å². The number of aryl methyl sites for hydroxylation is 4. The molecule has 0 aliphatic rings. The van der Waals surface area contributed by atoms with Gasteiger partial charge in [-0.25, -0.2) is 4.98 Å². The number of nitrogens with zero attached hydrogens (tertiary/aromatic N) is 5. The quantitative estimate of drug-likeness (QED) is 0.340. The summed E-state index contributed by atoms with van der Waals surface area (Å²) in [4.78, 5) is 4.48. The van der Waals surface area contributed by atoms with E-state index in [1.807, 2.05) is 51.7 Å². The predicted molar refractivity (Wildman–Crippen MR) is 125 cm³/mol. The van der Waals surface area contributed by atoms with Crippen LogP contribution >= 0.6 is 0 Å². The summed E-state index contributed by atoms with van der Waals surface area (Å²) in [6.45, 7) is 4.80. The lowest BCUT2D eigenvalue weighted by atomic mass is 10.1. The van der Waals surface area contributed by atoms with Crippen molar-refractivity contribution < 1.29 is 8.76 Å². The number of hydrogen-bond donors (Lipinski definition) is 1. The van der Waals surface area contributed by atoms with Gasteiger partial charge >= 0.3 is 10.4 Å². The fraction of sp³-hybridized carbons (Fsp3) is 0.478. The topological polar surface area (TPSA) is 76.2 Å². The molecule has 1 aromatic carbocycles. The van der Waals surface area contributed by atoms with E-state index in [4.69, 9.17) is 0 Å². The zero-order valence-electron chi connectivity index (χ0n) is 19.0. The van der Waals surface area contributed by atoms with Gasteiger partial charge in [0, 0.05) is 26.0 Å². The summed E-state index contributed by atoms with van der Waals surface area (Å²) in [6.07, 6.45) is 12.6. The van der Waals surface area contributed by atoms with Crippen molar-refractivity contribution in [3.8, 4) is 0 Å². The largest absolute Gasteiger partial charge is 0.348 e. The molecular weight excluding hydrogens is 410 g/mol. The van der Waals surface area contributed by atoms with Crippen LogP contribution in [0, 0.1) is 13.8 Å². The van der Waals surface area contributed by atoms with Crippen LogP contribution in [0.4, 0.5) is 5.69 Å². The van der Waals surface area contributed by atoms with Crippen LogP contribution in [0.5, 0.6) is 0 Å². The van der Waals surface area contributed by atoms with E-state index in [9.17, 15) is 8.76 Å². The molecule has 0 aliphatic heterocycles. The fourth-order valence-corrected chi connectivity index (χ4v) is 5.22. The zero-order chi connectivity index (χ0) is 22.4. The molecule has 1 unspecified atom stereocenters. The number of unbranched alkanes of at least 4 members (excludes halogenated alkanes) is 4. The molecule has 2 aromatic heterocycles. The van der Waals surface area contributed by atoms with Crippen molar-refractivity contribution in [2.24, 2.45) is 7.05 Å². The first-order chi connectivity index (χ1) is 14.8. The second kappa shape index (κ2) is 10.2. The van der Waals surface area contributed by atoms with Gasteiger partial charge < -0.3 is 4.57 Å². The maximum Gasteiger partial charge on any atom is 0.348 e. The van der Waals surface area contributed by atoms with E-state index in [2.05, 4.69) is 14.6 Å². The SMILES string of the molecule is Cc1nn(C)c(C)c1N(C)[S+](=O)(O)c1ccc(CCCCCCCn2ccnc2)cc1. The summed E-state index contributed by atoms with van der Waals surface area (Å²) in [7, 11) is 0.122. The maximum absolute atomic E-state index is 13.2. The van der Waals surface area contributed by atoms with Crippen LogP contribution in [0.1, 0.15) is 49.1 Å². The predicted octanol–water partition coefficient (Wildman–Crippen LogP) is 4.81. The first-order valence-corrected chi connectivity index (χ1v) is 12.3. The lowest BCUT2D eigenvalue weighted by molar-refractivity contribution is 0.495. The van der Waals surface area contributed by atoms with E-state index >= 15 is 0 Å². The number of aromatic nitrogens is 4. The highest BCUT2D eigenvalue weighted by Gasteiger charge is 2.38. The van der Waals surface area contributed by atoms with Crippen LogP contribution in [0.3, 0.4) is 0 Å². The van der Waals surface area contributed by atoms with Gasteiger partial charge in [0.2, 0.25) is 4.90 Å². The first kappa shape index (κ1) is 23.2. The Balaban J connectivity index is 1.48. The van der Waals surface area contributed by atoms with Gasteiger partial charge in [0.1, 0.15) is 5.69 Å². The zero-order valence-corrected chi connectivity index (χ0v) is 19.8. The number of hydrogen-bond acceptors (Lipinski definition) is 3. The monoisotopic (exact) mass is 444 g/mol. The third kappa shape index (κ3) is 5.62. The van der Waals surface area contributed by atoms with Gasteiger partial charge in [0.15, 0.2) is 0 Å². The summed E-state index contributed by atoms with van der Waals surface area (Å²) in [5, 5.41) is 4.36. The fourth-order valence-electron chi connectivity index (χ4n) is 3.91. The molecule has 0 radical (unpaired) electrons. The van der Waals surface area contributed by atoms with Crippen molar-refractivity contribution in [3.05, 3.63) is 59.9 Å². The van der Waals surface area contributed by atoms with Crippen molar-refractivity contribution in [1.29, 1.82) is 0 Å². The van der Waals surface area contributed by atoms with E-state index in [1.165, 1.54) is 35.6 Å². The Morgan fingerprint density at radius 1 is 1.06 bits per heavy atom. The van der Waals surface area contributed by atoms with Crippen LogP contribution in [0.15, 0.2) is 47.9 Å². The molecule has 1 N–H and O–H groups in total. The Hall–Kier alpha value is -2.45. The molecule has 0 fully saturated rings. The minimum Gasteiger partial charge on any atom is -0.337 e. The molecular formula is C23H34N5O2S+. The minimum atomic E-state index is -3.37. The molecule has 0 aliphatic carbocycles. The van der Waals surface area contributed by atoms with Crippen molar-refractivity contribution in [2.45, 2.75) is 63.8 Å². The summed E-state index contributed by atoms with van der Waals surface area (Å²) in [5.74, 6) is 0. The van der Waals surface area contributed by atoms with Crippen LogP contribution in [-0.4, -0.2) is 30.9 Å². The number of anilines is 1. The smallest absolute Gasteiger partial charge is 0.337 e. The molecule has 31 heavy (non-hydrogen) atoms. The lowest BCUT2D eigenvalue weighted by Gasteiger charge is -2.17. The lowest BCUT2D eigenvalue weighted by Crippen LogP contribution is -2.33. The molecule has 2 heterocycles. The molecule has 0 spiro atoms. The van der Waals surface area contributed by atoms with Gasteiger partial charge in [-0.05, 0) is 55.0 Å². The van der Waals surface area contributed by atoms with Crippen LogP contribution in [-0.2, 0) is 34.6 Å². The van der Waals surface area contributed by atoms with Gasteiger partial charge in [-0.1, -0.05) is 31.4 Å². The van der Waals surface area contributed by atoms with Crippen molar-refractivity contribution in [2.75, 3.05) is 11.4 Å². The summed E-state index contributed by atoms with van der Waals surface area (Å²) in [6, 6.07) is 7.50. The molecule has 3 aromatic rings. The molecule has 7 nitrogen and oxygen atoms in total. The molecule has 0 saturated carbocycles. The second-order valence-corrected chi connectivity index (χ2v) is 10.1. The average molecular weight is 445 g/mol. The van der Waals surface area contributed by atoms with Crippen LogP contribution < -0.4 is 4.31 Å². The Kier molecular flexibility index (Phi) is 7.67. The molecule has 0 amide bonds. The van der Waals surface area contributed by atoms with E-state index in [0.717, 1.165) is 30.8 Å². The molecule has 8 heteroatoms. The highest BCUT2D eigenvalue weighted by atomic mass is 32.3. The maximum atomic E-state index is 13.2. The van der Waals surface area contributed by atoms with Gasteiger partial charge in [-0.3, -0.25) is 4.68 Å². The Morgan fingerprint density at radius 3 is 2.35 bits per heavy atom. The third-order valence-corrected chi connectivity index (χ3v) is 7.64. The highest BCUT2D eigenvalue weighted by Crippen LogP contribution is 2.31. The van der Waals surface area contributed by atoms with E-state index in [0.29, 0.717) is 10.6 Å². The molecule has 0 bridgehead atoms. The van der Waals surface area contributed by atoms with Crippen molar-refractivity contribution in [1.82, 2.24) is 19.3 Å². The second-order valence-electron chi connectivity index (χ2n) is 8.10. The van der Waals surface area contributed by atoms with Crippen molar-refractivity contribution in [3.63, 3.8) is 0 Å². The van der Waals surface area contributed by atoms with Crippen molar-refractivity contribution >= 4 is 16.1 Å². The molecule has 168 valence electrons. The molecule has 0 saturated heterocycles. The highest BCUT2D eigenvalue weighted by molar-refractivity contribution is 7.99. The average Bonchev–Trinajstić information content (AvgIpc) is 3.35. The standard InChI is InChI=1S/C23H33N5O2S/c1-19-23(20(2)26(3)25-19)27(4)31(29,30)22-13-11-21(12-14-22)10-8-6-5-7-9-16-28-17-15-24-18-28/h11-15,17-18H,5-10,16H2,1-4H3/p+1. The first-order valence-electron chi connectivity index (χ1n) is 10.9. The molecule has 1 atom stereocenters. The number of benzene rings is 1. The molecule has 3 rings (SSSR count). The van der Waals surface area contributed by atoms with E-state index in [1.54, 1.807) is 23.9 Å². The van der Waals surface area contributed by atoms with E-state index in [-0.39, 0.29) is 0 Å². The summed E-state index contributed by atoms with van der Waals surface area (Å²) < 4.78 is 29.3. The summed E-state index contributed by atoms with van der Waals surface area (Å²) >= 11 is 0. The minimum absolute atomic E-state index is 0.418. The van der Waals surface area contributed by atoms with Crippen LogP contribution in [0.25, 0.3) is 0 Å². The van der Waals surface area contributed by atoms with Gasteiger partial charge in [-0.2, -0.15) is 14.0 Å². The number of imidazole rings is 1. The Morgan fingerprint density at radius 2 is 1.74 bits per heavy atom. The van der Waals surface area contributed by atoms with Gasteiger partial charge in [0.05, 0.1) is 24.8 Å². The van der Waals surface area contributed by atoms with Crippen LogP contribution in [0.2, 0.25) is 0 Å². The summed E-state index contributed by atoms with van der Waals surface area (Å²) in [5.41, 5.74) is 3.51. The third-order valence-electron chi connectivity index (χ3n) is 5.83. The Bertz CT molecular complexity index is 1010. The van der Waals surface area contributed by atoms with E-state index < -0.39 is 10.4 Å². The van der Waals surface area contributed by atoms with Gasteiger partial charge in [0.25, 0.3) is 0 Å².